The van der Waals surface area contributed by atoms with Crippen LogP contribution in [0.15, 0.2) is 66.9 Å². The van der Waals surface area contributed by atoms with Crippen molar-refractivity contribution < 1.29 is 4.74 Å². The molecule has 1 aliphatic heterocycles. The van der Waals surface area contributed by atoms with E-state index in [0.717, 1.165) is 56.0 Å². The van der Waals surface area contributed by atoms with Gasteiger partial charge in [0.1, 0.15) is 0 Å². The molecular weight excluding hydrogens is 408 g/mol. The molecule has 0 radical (unpaired) electrons. The molecule has 1 aliphatic rings. The minimum absolute atomic E-state index is 0.0551. The lowest BCUT2D eigenvalue weighted by Crippen LogP contribution is -2.64. The van der Waals surface area contributed by atoms with E-state index in [1.807, 2.05) is 29.1 Å². The van der Waals surface area contributed by atoms with Gasteiger partial charge in [0.2, 0.25) is 0 Å². The molecule has 1 aromatic heterocycles. The predicted octanol–water partition coefficient (Wildman–Crippen LogP) is 4.73. The monoisotopic (exact) mass is 438 g/mol. The van der Waals surface area contributed by atoms with Crippen LogP contribution >= 0.6 is 11.6 Å². The third-order valence-electron chi connectivity index (χ3n) is 6.14. The Morgan fingerprint density at radius 1 is 1.03 bits per heavy atom. The van der Waals surface area contributed by atoms with E-state index in [2.05, 4.69) is 57.8 Å². The van der Waals surface area contributed by atoms with Crippen LogP contribution in [0, 0.1) is 0 Å². The van der Waals surface area contributed by atoms with Crippen molar-refractivity contribution in [1.82, 2.24) is 15.1 Å². The molecule has 1 atom stereocenters. The van der Waals surface area contributed by atoms with Crippen LogP contribution in [0.1, 0.15) is 25.0 Å². The lowest BCUT2D eigenvalue weighted by molar-refractivity contribution is 0.110. The number of hydrogen-bond acceptors (Lipinski definition) is 4. The summed E-state index contributed by atoms with van der Waals surface area (Å²) in [7, 11) is 1.80. The Balaban J connectivity index is 1.43. The van der Waals surface area contributed by atoms with E-state index < -0.39 is 0 Å². The van der Waals surface area contributed by atoms with Gasteiger partial charge in [0.05, 0.1) is 17.8 Å². The number of benzene rings is 2. The fraction of sp³-hybridized carbons (Fsp3) is 0.400. The number of nitrogens with zero attached hydrogens (tertiary/aromatic N) is 3. The van der Waals surface area contributed by atoms with Crippen molar-refractivity contribution in [3.63, 3.8) is 0 Å². The number of aryl methyl sites for hydroxylation is 1. The van der Waals surface area contributed by atoms with Gasteiger partial charge >= 0.3 is 0 Å². The number of unbranched alkanes of at least 4 members (excludes halogenated alkanes) is 1. The highest BCUT2D eigenvalue weighted by molar-refractivity contribution is 6.30. The van der Waals surface area contributed by atoms with Crippen LogP contribution in [-0.4, -0.2) is 48.7 Å². The molecular formula is C25H31ClN4O. The molecule has 5 nitrogen and oxygen atoms in total. The summed E-state index contributed by atoms with van der Waals surface area (Å²) in [6.45, 7) is 3.56. The average Bonchev–Trinajstić information content (AvgIpc) is 3.27. The zero-order valence-corrected chi connectivity index (χ0v) is 18.9. The van der Waals surface area contributed by atoms with Gasteiger partial charge in [-0.1, -0.05) is 36.2 Å². The Morgan fingerprint density at radius 3 is 2.61 bits per heavy atom. The van der Waals surface area contributed by atoms with E-state index in [0.29, 0.717) is 6.61 Å². The zero-order chi connectivity index (χ0) is 21.5. The van der Waals surface area contributed by atoms with Gasteiger partial charge in [-0.05, 0) is 61.7 Å². The molecule has 164 valence electrons. The normalized spacial score (nSPS) is 19.0. The standard InChI is InChI=1S/C25H31ClN4O/c1-31-20-25(19-27-17-18-29(25)22-12-10-21(26)11-13-22)15-6-5-9-24-14-16-28-30(24)23-7-3-2-4-8-23/h2-4,7-8,10-14,16,27H,5-6,9,15,17-20H2,1H3. The lowest BCUT2D eigenvalue weighted by Gasteiger charge is -2.49. The highest BCUT2D eigenvalue weighted by Gasteiger charge is 2.38. The van der Waals surface area contributed by atoms with Crippen LogP contribution in [0.4, 0.5) is 5.69 Å². The largest absolute Gasteiger partial charge is 0.382 e. The molecule has 31 heavy (non-hydrogen) atoms. The average molecular weight is 439 g/mol. The number of rotatable bonds is 9. The van der Waals surface area contributed by atoms with E-state index in [-0.39, 0.29) is 5.54 Å². The fourth-order valence-corrected chi connectivity index (χ4v) is 4.77. The van der Waals surface area contributed by atoms with Crippen molar-refractivity contribution in [1.29, 1.82) is 0 Å². The first-order valence-corrected chi connectivity index (χ1v) is 11.4. The van der Waals surface area contributed by atoms with Gasteiger partial charge in [0, 0.05) is 49.3 Å². The number of aromatic nitrogens is 2. The van der Waals surface area contributed by atoms with E-state index in [9.17, 15) is 0 Å². The second-order valence-corrected chi connectivity index (χ2v) is 8.68. The van der Waals surface area contributed by atoms with Gasteiger partial charge in [-0.3, -0.25) is 0 Å². The van der Waals surface area contributed by atoms with Crippen LogP contribution < -0.4 is 10.2 Å². The Hall–Kier alpha value is -2.34. The minimum Gasteiger partial charge on any atom is -0.382 e. The number of piperazine rings is 1. The molecule has 0 saturated carbocycles. The number of anilines is 1. The number of ether oxygens (including phenoxy) is 1. The van der Waals surface area contributed by atoms with Gasteiger partial charge in [-0.15, -0.1) is 0 Å². The van der Waals surface area contributed by atoms with Crippen molar-refractivity contribution in [2.75, 3.05) is 38.3 Å². The molecule has 1 unspecified atom stereocenters. The summed E-state index contributed by atoms with van der Waals surface area (Å²) in [6.07, 6.45) is 6.19. The van der Waals surface area contributed by atoms with Gasteiger partial charge in [-0.2, -0.15) is 5.10 Å². The molecule has 0 amide bonds. The number of para-hydroxylation sites is 1. The van der Waals surface area contributed by atoms with Crippen LogP contribution in [0.2, 0.25) is 5.02 Å². The van der Waals surface area contributed by atoms with Gasteiger partial charge < -0.3 is 15.0 Å². The van der Waals surface area contributed by atoms with E-state index in [1.54, 1.807) is 7.11 Å². The molecule has 2 heterocycles. The van der Waals surface area contributed by atoms with Crippen molar-refractivity contribution in [2.45, 2.75) is 31.2 Å². The smallest absolute Gasteiger partial charge is 0.0759 e. The molecule has 0 spiro atoms. The highest BCUT2D eigenvalue weighted by atomic mass is 35.5. The van der Waals surface area contributed by atoms with Crippen LogP contribution in [0.25, 0.3) is 5.69 Å². The quantitative estimate of drug-likeness (QED) is 0.490. The second kappa shape index (κ2) is 10.3. The molecule has 4 rings (SSSR count). The van der Waals surface area contributed by atoms with Crippen LogP contribution in [-0.2, 0) is 11.2 Å². The van der Waals surface area contributed by atoms with Gasteiger partial charge in [0.25, 0.3) is 0 Å². The van der Waals surface area contributed by atoms with E-state index in [4.69, 9.17) is 16.3 Å². The minimum atomic E-state index is -0.0551. The Kier molecular flexibility index (Phi) is 7.28. The summed E-state index contributed by atoms with van der Waals surface area (Å²) < 4.78 is 7.77. The topological polar surface area (TPSA) is 42.3 Å². The molecule has 1 saturated heterocycles. The maximum atomic E-state index is 6.13. The molecule has 1 fully saturated rings. The molecule has 6 heteroatoms. The van der Waals surface area contributed by atoms with Crippen molar-refractivity contribution in [2.24, 2.45) is 0 Å². The first-order chi connectivity index (χ1) is 15.2. The maximum absolute atomic E-state index is 6.13. The maximum Gasteiger partial charge on any atom is 0.0759 e. The Bertz CT molecular complexity index is 940. The van der Waals surface area contributed by atoms with E-state index >= 15 is 0 Å². The highest BCUT2D eigenvalue weighted by Crippen LogP contribution is 2.31. The van der Waals surface area contributed by atoms with Crippen LogP contribution in [0.3, 0.4) is 0 Å². The summed E-state index contributed by atoms with van der Waals surface area (Å²) in [5, 5.41) is 8.89. The summed E-state index contributed by atoms with van der Waals surface area (Å²) in [4.78, 5) is 2.51. The lowest BCUT2D eigenvalue weighted by atomic mass is 9.88. The first-order valence-electron chi connectivity index (χ1n) is 11.0. The molecule has 0 aliphatic carbocycles. The van der Waals surface area contributed by atoms with E-state index in [1.165, 1.54) is 11.4 Å². The predicted molar refractivity (Wildman–Crippen MR) is 127 cm³/mol. The SMILES string of the molecule is COCC1(CCCCc2ccnn2-c2ccccc2)CNCCN1c1ccc(Cl)cc1. The van der Waals surface area contributed by atoms with Crippen LogP contribution in [0.5, 0.6) is 0 Å². The first kappa shape index (κ1) is 21.9. The summed E-state index contributed by atoms with van der Waals surface area (Å²) >= 11 is 6.13. The summed E-state index contributed by atoms with van der Waals surface area (Å²) in [5.74, 6) is 0. The van der Waals surface area contributed by atoms with Crippen molar-refractivity contribution >= 4 is 17.3 Å². The Morgan fingerprint density at radius 2 is 1.84 bits per heavy atom. The number of halogens is 1. The third-order valence-corrected chi connectivity index (χ3v) is 6.39. The molecule has 0 bridgehead atoms. The summed E-state index contributed by atoms with van der Waals surface area (Å²) in [6, 6.07) is 20.7. The Labute approximate surface area is 190 Å². The van der Waals surface area contributed by atoms with Gasteiger partial charge in [0.15, 0.2) is 0 Å². The fourth-order valence-electron chi connectivity index (χ4n) is 4.64. The molecule has 3 aromatic rings. The molecule has 2 aromatic carbocycles. The summed E-state index contributed by atoms with van der Waals surface area (Å²) in [5.41, 5.74) is 3.53. The number of methoxy groups -OCH3 is 1. The third kappa shape index (κ3) is 5.12. The van der Waals surface area contributed by atoms with Crippen molar-refractivity contribution in [3.05, 3.63) is 77.6 Å². The number of hydrogen-bond donors (Lipinski definition) is 1. The second-order valence-electron chi connectivity index (χ2n) is 8.24. The molecule has 1 N–H and O–H groups in total. The zero-order valence-electron chi connectivity index (χ0n) is 18.1. The van der Waals surface area contributed by atoms with Gasteiger partial charge in [-0.25, -0.2) is 4.68 Å². The number of nitrogens with one attached hydrogen (secondary N) is 1. The van der Waals surface area contributed by atoms with Crippen molar-refractivity contribution in [3.8, 4) is 5.69 Å².